The molecule has 16 heavy (non-hydrogen) atoms. The summed E-state index contributed by atoms with van der Waals surface area (Å²) in [6.07, 6.45) is 0. The van der Waals surface area contributed by atoms with Crippen molar-refractivity contribution in [3.63, 3.8) is 0 Å². The number of hydrogen-bond donors (Lipinski definition) is 0. The minimum absolute atomic E-state index is 0.0203. The zero-order chi connectivity index (χ0) is 12.0. The Morgan fingerprint density at radius 3 is 2.44 bits per heavy atom. The van der Waals surface area contributed by atoms with Gasteiger partial charge >= 0.3 is 111 Å². The van der Waals surface area contributed by atoms with Gasteiger partial charge in [0.2, 0.25) is 0 Å². The van der Waals surface area contributed by atoms with Crippen LogP contribution in [0.3, 0.4) is 0 Å². The second-order valence-corrected chi connectivity index (χ2v) is 12.2. The third-order valence-electron chi connectivity index (χ3n) is 1.74. The summed E-state index contributed by atoms with van der Waals surface area (Å²) in [5.41, 5.74) is 3.32. The second-order valence-electron chi connectivity index (χ2n) is 4.61. The first-order valence-electron chi connectivity index (χ1n) is 5.32. The summed E-state index contributed by atoms with van der Waals surface area (Å²) < 4.78 is 1.40. The van der Waals surface area contributed by atoms with E-state index in [0.717, 1.165) is 5.32 Å². The Balaban J connectivity index is 2.41. The molecular formula is C13H17ClSeSi. The van der Waals surface area contributed by atoms with E-state index in [0.29, 0.717) is 15.0 Å². The fourth-order valence-electron chi connectivity index (χ4n) is 1.02. The molecule has 0 N–H and O–H groups in total. The van der Waals surface area contributed by atoms with E-state index in [2.05, 4.69) is 55.4 Å². The van der Waals surface area contributed by atoms with Gasteiger partial charge in [0, 0.05) is 0 Å². The predicted molar refractivity (Wildman–Crippen MR) is 77.4 cm³/mol. The van der Waals surface area contributed by atoms with Crippen molar-refractivity contribution < 1.29 is 0 Å². The molecule has 0 heterocycles. The zero-order valence-corrected chi connectivity index (χ0v) is 13.4. The van der Waals surface area contributed by atoms with Crippen molar-refractivity contribution in [1.29, 1.82) is 0 Å². The zero-order valence-electron chi connectivity index (χ0n) is 9.96. The minimum atomic E-state index is -1.27. The van der Waals surface area contributed by atoms with Crippen molar-refractivity contribution in [3.05, 3.63) is 30.3 Å². The van der Waals surface area contributed by atoms with Gasteiger partial charge in [0.15, 0.2) is 0 Å². The van der Waals surface area contributed by atoms with Gasteiger partial charge in [-0.15, -0.1) is 0 Å². The molecular weight excluding hydrogens is 299 g/mol. The first-order valence-corrected chi connectivity index (χ1v) is 11.3. The maximum atomic E-state index is 6.20. The van der Waals surface area contributed by atoms with Crippen LogP contribution in [0.15, 0.2) is 30.3 Å². The third-order valence-corrected chi connectivity index (χ3v) is 5.64. The standard InChI is InChI=1S/C13H17ClSeSi/c1-16(2,3)10-9-12(14)11-15-13-7-5-4-6-8-13/h4-8,12H,11H2,1-3H3. The Morgan fingerprint density at radius 1 is 1.25 bits per heavy atom. The Labute approximate surface area is 111 Å². The quantitative estimate of drug-likeness (QED) is 0.457. The van der Waals surface area contributed by atoms with Crippen molar-refractivity contribution in [3.8, 4) is 11.5 Å². The van der Waals surface area contributed by atoms with Crippen LogP contribution in [0.2, 0.25) is 25.0 Å². The Kier molecular flexibility index (Phi) is 5.65. The van der Waals surface area contributed by atoms with E-state index in [9.17, 15) is 0 Å². The van der Waals surface area contributed by atoms with E-state index in [4.69, 9.17) is 11.6 Å². The summed E-state index contributed by atoms with van der Waals surface area (Å²) in [5, 5.41) is 1.02. The van der Waals surface area contributed by atoms with Crippen LogP contribution in [0.4, 0.5) is 0 Å². The van der Waals surface area contributed by atoms with E-state index in [1.54, 1.807) is 0 Å². The molecule has 1 aromatic rings. The van der Waals surface area contributed by atoms with Crippen LogP contribution >= 0.6 is 11.6 Å². The number of halogens is 1. The molecule has 1 unspecified atom stereocenters. The van der Waals surface area contributed by atoms with Crippen LogP contribution < -0.4 is 4.46 Å². The molecule has 0 bridgehead atoms. The van der Waals surface area contributed by atoms with Gasteiger partial charge in [-0.3, -0.25) is 0 Å². The number of rotatable bonds is 3. The van der Waals surface area contributed by atoms with E-state index in [1.165, 1.54) is 4.46 Å². The number of alkyl halides is 1. The summed E-state index contributed by atoms with van der Waals surface area (Å²) in [5.74, 6) is 3.19. The SMILES string of the molecule is C[Si](C)(C)C#CC(Cl)C[Se]c1ccccc1. The van der Waals surface area contributed by atoms with Gasteiger partial charge < -0.3 is 0 Å². The van der Waals surface area contributed by atoms with Crippen molar-refractivity contribution in [1.82, 2.24) is 0 Å². The Bertz CT molecular complexity index is 372. The Morgan fingerprint density at radius 2 is 1.88 bits per heavy atom. The third kappa shape index (κ3) is 6.40. The van der Waals surface area contributed by atoms with Gasteiger partial charge in [-0.2, -0.15) is 0 Å². The molecule has 0 aliphatic carbocycles. The normalized spacial score (nSPS) is 12.8. The fourth-order valence-corrected chi connectivity index (χ4v) is 3.72. The van der Waals surface area contributed by atoms with Crippen LogP contribution in [0.1, 0.15) is 0 Å². The van der Waals surface area contributed by atoms with Crippen LogP contribution in [0, 0.1) is 11.5 Å². The molecule has 0 radical (unpaired) electrons. The molecule has 0 aromatic heterocycles. The summed E-state index contributed by atoms with van der Waals surface area (Å²) in [6.45, 7) is 6.73. The topological polar surface area (TPSA) is 0 Å². The fraction of sp³-hybridized carbons (Fsp3) is 0.385. The predicted octanol–water partition coefficient (Wildman–Crippen LogP) is 2.92. The van der Waals surface area contributed by atoms with Crippen LogP contribution in [0.25, 0.3) is 0 Å². The number of hydrogen-bond acceptors (Lipinski definition) is 0. The molecule has 3 heteroatoms. The van der Waals surface area contributed by atoms with Crippen molar-refractivity contribution in [2.75, 3.05) is 0 Å². The van der Waals surface area contributed by atoms with Gasteiger partial charge in [-0.1, -0.05) is 0 Å². The summed E-state index contributed by atoms with van der Waals surface area (Å²) in [4.78, 5) is 0. The van der Waals surface area contributed by atoms with E-state index in [1.807, 2.05) is 6.07 Å². The number of benzene rings is 1. The molecule has 0 aliphatic heterocycles. The van der Waals surface area contributed by atoms with Crippen molar-refractivity contribution in [2.45, 2.75) is 30.3 Å². The van der Waals surface area contributed by atoms with E-state index >= 15 is 0 Å². The van der Waals surface area contributed by atoms with E-state index < -0.39 is 8.07 Å². The molecule has 0 fully saturated rings. The molecule has 0 saturated heterocycles. The van der Waals surface area contributed by atoms with Gasteiger partial charge in [0.1, 0.15) is 0 Å². The van der Waals surface area contributed by atoms with Crippen molar-refractivity contribution in [2.24, 2.45) is 0 Å². The monoisotopic (exact) mass is 316 g/mol. The molecule has 1 atom stereocenters. The summed E-state index contributed by atoms with van der Waals surface area (Å²) in [7, 11) is -1.27. The molecule has 0 aliphatic rings. The molecule has 0 nitrogen and oxygen atoms in total. The molecule has 0 amide bonds. The first-order chi connectivity index (χ1) is 7.47. The van der Waals surface area contributed by atoms with Crippen LogP contribution in [-0.4, -0.2) is 28.4 Å². The van der Waals surface area contributed by atoms with Crippen molar-refractivity contribution >= 4 is 39.1 Å². The first kappa shape index (κ1) is 13.9. The molecule has 86 valence electrons. The van der Waals surface area contributed by atoms with Gasteiger partial charge in [-0.05, 0) is 0 Å². The average molecular weight is 316 g/mol. The van der Waals surface area contributed by atoms with Crippen LogP contribution in [0.5, 0.6) is 0 Å². The molecule has 0 spiro atoms. The van der Waals surface area contributed by atoms with Gasteiger partial charge in [0.05, 0.1) is 0 Å². The second kappa shape index (κ2) is 6.52. The Hall–Kier alpha value is -0.194. The van der Waals surface area contributed by atoms with Crippen LogP contribution in [-0.2, 0) is 0 Å². The summed E-state index contributed by atoms with van der Waals surface area (Å²) in [6, 6.07) is 10.5. The van der Waals surface area contributed by atoms with Gasteiger partial charge in [-0.25, -0.2) is 0 Å². The van der Waals surface area contributed by atoms with Gasteiger partial charge in [0.25, 0.3) is 0 Å². The summed E-state index contributed by atoms with van der Waals surface area (Å²) >= 11 is 6.65. The molecule has 1 aromatic carbocycles. The van der Waals surface area contributed by atoms with E-state index in [-0.39, 0.29) is 5.38 Å². The average Bonchev–Trinajstić information content (AvgIpc) is 2.24. The maximum absolute atomic E-state index is 6.20. The molecule has 1 rings (SSSR count). The molecule has 0 saturated carbocycles.